The molecule has 0 bridgehead atoms. The highest BCUT2D eigenvalue weighted by Gasteiger charge is 2.31. The van der Waals surface area contributed by atoms with Crippen molar-refractivity contribution in [3.05, 3.63) is 57.6 Å². The summed E-state index contributed by atoms with van der Waals surface area (Å²) in [4.78, 5) is 23.0. The standard InChI is InChI=1S/C17H16ClN3O6S/c1-28(25,26)20-9-8-16(27-15-5-3-2-4-14(15)20)17(22)19-13-10-11(21(23)24)6-7-12(13)18/h2-7,10,16H,8-9H2,1H3,(H,19,22)/t16-/m1/s1. The molecule has 2 aromatic rings. The molecule has 1 N–H and O–H groups in total. The molecule has 0 radical (unpaired) electrons. The van der Waals surface area contributed by atoms with Gasteiger partial charge in [0, 0.05) is 25.1 Å². The van der Waals surface area contributed by atoms with Crippen molar-refractivity contribution in [2.45, 2.75) is 12.5 Å². The second-order valence-electron chi connectivity index (χ2n) is 6.11. The first kappa shape index (κ1) is 19.9. The molecule has 11 heteroatoms. The number of nitro benzene ring substituents is 1. The Labute approximate surface area is 166 Å². The number of carbonyl (C=O) groups excluding carboxylic acids is 1. The predicted molar refractivity (Wildman–Crippen MR) is 104 cm³/mol. The number of rotatable bonds is 4. The summed E-state index contributed by atoms with van der Waals surface area (Å²) in [6.45, 7) is 0.0383. The molecule has 1 amide bonds. The molecule has 2 aromatic carbocycles. The van der Waals surface area contributed by atoms with E-state index in [0.717, 1.165) is 12.3 Å². The maximum Gasteiger partial charge on any atom is 0.271 e. The Hall–Kier alpha value is -2.85. The lowest BCUT2D eigenvalue weighted by Crippen LogP contribution is -2.36. The van der Waals surface area contributed by atoms with E-state index in [0.29, 0.717) is 5.69 Å². The zero-order chi connectivity index (χ0) is 20.5. The van der Waals surface area contributed by atoms with Crippen LogP contribution in [0, 0.1) is 10.1 Å². The van der Waals surface area contributed by atoms with E-state index in [2.05, 4.69) is 5.32 Å². The molecule has 1 heterocycles. The van der Waals surface area contributed by atoms with E-state index in [1.807, 2.05) is 0 Å². The lowest BCUT2D eigenvalue weighted by Gasteiger charge is -2.20. The maximum atomic E-state index is 12.7. The van der Waals surface area contributed by atoms with E-state index >= 15 is 0 Å². The van der Waals surface area contributed by atoms with E-state index in [1.54, 1.807) is 24.3 Å². The van der Waals surface area contributed by atoms with E-state index in [-0.39, 0.29) is 35.1 Å². The number of carbonyl (C=O) groups is 1. The third kappa shape index (κ3) is 4.18. The molecule has 0 aliphatic carbocycles. The van der Waals surface area contributed by atoms with Crippen LogP contribution in [0.15, 0.2) is 42.5 Å². The summed E-state index contributed by atoms with van der Waals surface area (Å²) in [6, 6.07) is 10.2. The Bertz CT molecular complexity index is 1040. The molecule has 0 unspecified atom stereocenters. The minimum atomic E-state index is -3.57. The van der Waals surface area contributed by atoms with Crippen molar-refractivity contribution >= 4 is 44.6 Å². The van der Waals surface area contributed by atoms with Crippen LogP contribution in [0.1, 0.15) is 6.42 Å². The number of amides is 1. The van der Waals surface area contributed by atoms with Gasteiger partial charge in [0.1, 0.15) is 5.75 Å². The first-order chi connectivity index (χ1) is 13.2. The second-order valence-corrected chi connectivity index (χ2v) is 8.42. The molecule has 0 fully saturated rings. The van der Waals surface area contributed by atoms with E-state index in [9.17, 15) is 23.3 Å². The maximum absolute atomic E-state index is 12.7. The number of halogens is 1. The number of fused-ring (bicyclic) bond motifs is 1. The van der Waals surface area contributed by atoms with Crippen molar-refractivity contribution in [2.24, 2.45) is 0 Å². The van der Waals surface area contributed by atoms with Gasteiger partial charge in [0.15, 0.2) is 6.10 Å². The van der Waals surface area contributed by atoms with Crippen LogP contribution in [0.2, 0.25) is 5.02 Å². The molecular formula is C17H16ClN3O6S. The van der Waals surface area contributed by atoms with Crippen LogP contribution in [-0.4, -0.2) is 38.2 Å². The highest BCUT2D eigenvalue weighted by molar-refractivity contribution is 7.92. The Morgan fingerprint density at radius 3 is 2.71 bits per heavy atom. The van der Waals surface area contributed by atoms with Gasteiger partial charge in [0.25, 0.3) is 11.6 Å². The quantitative estimate of drug-likeness (QED) is 0.594. The van der Waals surface area contributed by atoms with Gasteiger partial charge in [-0.1, -0.05) is 23.7 Å². The van der Waals surface area contributed by atoms with Gasteiger partial charge in [0.05, 0.1) is 27.6 Å². The molecule has 0 aromatic heterocycles. The Balaban J connectivity index is 1.87. The number of non-ortho nitro benzene ring substituents is 1. The van der Waals surface area contributed by atoms with Crippen LogP contribution in [0.25, 0.3) is 0 Å². The number of sulfonamides is 1. The van der Waals surface area contributed by atoms with E-state index in [1.165, 1.54) is 16.4 Å². The largest absolute Gasteiger partial charge is 0.478 e. The van der Waals surface area contributed by atoms with Crippen molar-refractivity contribution in [3.8, 4) is 5.75 Å². The number of para-hydroxylation sites is 2. The summed E-state index contributed by atoms with van der Waals surface area (Å²) in [7, 11) is -3.57. The average Bonchev–Trinajstić information content (AvgIpc) is 2.82. The minimum Gasteiger partial charge on any atom is -0.478 e. The van der Waals surface area contributed by atoms with Crippen molar-refractivity contribution in [3.63, 3.8) is 0 Å². The van der Waals surface area contributed by atoms with Gasteiger partial charge >= 0.3 is 0 Å². The lowest BCUT2D eigenvalue weighted by atomic mass is 10.2. The van der Waals surface area contributed by atoms with Crippen LogP contribution >= 0.6 is 11.6 Å². The summed E-state index contributed by atoms with van der Waals surface area (Å²) in [5.74, 6) is -0.344. The molecule has 0 spiro atoms. The summed E-state index contributed by atoms with van der Waals surface area (Å²) in [6.07, 6.45) is 0.149. The number of nitrogens with one attached hydrogen (secondary N) is 1. The van der Waals surface area contributed by atoms with Gasteiger partial charge in [-0.25, -0.2) is 8.42 Å². The second kappa shape index (κ2) is 7.64. The average molecular weight is 426 g/mol. The number of ether oxygens (including phenoxy) is 1. The van der Waals surface area contributed by atoms with Crippen LogP contribution in [-0.2, 0) is 14.8 Å². The Morgan fingerprint density at radius 2 is 2.04 bits per heavy atom. The number of anilines is 2. The highest BCUT2D eigenvalue weighted by Crippen LogP contribution is 2.34. The van der Waals surface area contributed by atoms with Gasteiger partial charge in [-0.15, -0.1) is 0 Å². The van der Waals surface area contributed by atoms with Gasteiger partial charge in [-0.2, -0.15) is 0 Å². The van der Waals surface area contributed by atoms with E-state index < -0.39 is 27.0 Å². The first-order valence-electron chi connectivity index (χ1n) is 8.15. The van der Waals surface area contributed by atoms with E-state index in [4.69, 9.17) is 16.3 Å². The fourth-order valence-corrected chi connectivity index (χ4v) is 3.90. The van der Waals surface area contributed by atoms with Crippen molar-refractivity contribution in [1.29, 1.82) is 0 Å². The molecule has 1 aliphatic rings. The van der Waals surface area contributed by atoms with Crippen LogP contribution in [0.4, 0.5) is 17.1 Å². The zero-order valence-electron chi connectivity index (χ0n) is 14.7. The van der Waals surface area contributed by atoms with Crippen LogP contribution in [0.3, 0.4) is 0 Å². The molecule has 9 nitrogen and oxygen atoms in total. The first-order valence-corrected chi connectivity index (χ1v) is 10.4. The third-order valence-corrected chi connectivity index (χ3v) is 5.62. The van der Waals surface area contributed by atoms with Crippen LogP contribution < -0.4 is 14.4 Å². The highest BCUT2D eigenvalue weighted by atomic mass is 35.5. The summed E-state index contributed by atoms with van der Waals surface area (Å²) in [5.41, 5.74) is 0.186. The normalized spacial score (nSPS) is 16.5. The number of benzene rings is 2. The fraction of sp³-hybridized carbons (Fsp3) is 0.235. The molecular weight excluding hydrogens is 410 g/mol. The SMILES string of the molecule is CS(=O)(=O)N1CC[C@H](C(=O)Nc2cc([N+](=O)[O-])ccc2Cl)Oc2ccccc21. The third-order valence-electron chi connectivity index (χ3n) is 4.11. The van der Waals surface area contributed by atoms with Crippen molar-refractivity contribution < 1.29 is 22.9 Å². The number of nitro groups is 1. The van der Waals surface area contributed by atoms with Crippen molar-refractivity contribution in [2.75, 3.05) is 22.4 Å². The van der Waals surface area contributed by atoms with Gasteiger partial charge in [0.2, 0.25) is 10.0 Å². The predicted octanol–water partition coefficient (Wildman–Crippen LogP) is 2.80. The molecule has 1 atom stereocenters. The fourth-order valence-electron chi connectivity index (χ4n) is 2.79. The smallest absolute Gasteiger partial charge is 0.271 e. The zero-order valence-corrected chi connectivity index (χ0v) is 16.2. The molecule has 0 saturated carbocycles. The number of nitrogens with zero attached hydrogens (tertiary/aromatic N) is 2. The van der Waals surface area contributed by atoms with Gasteiger partial charge < -0.3 is 10.1 Å². The summed E-state index contributed by atoms with van der Waals surface area (Å²) in [5, 5.41) is 13.6. The number of hydrogen-bond acceptors (Lipinski definition) is 6. The monoisotopic (exact) mass is 425 g/mol. The molecule has 0 saturated heterocycles. The van der Waals surface area contributed by atoms with Gasteiger partial charge in [-0.05, 0) is 18.2 Å². The summed E-state index contributed by atoms with van der Waals surface area (Å²) >= 11 is 6.01. The number of hydrogen-bond donors (Lipinski definition) is 1. The minimum absolute atomic E-state index is 0.0383. The molecule has 1 aliphatic heterocycles. The Morgan fingerprint density at radius 1 is 1.32 bits per heavy atom. The lowest BCUT2D eigenvalue weighted by molar-refractivity contribution is -0.384. The molecule has 148 valence electrons. The topological polar surface area (TPSA) is 119 Å². The molecule has 3 rings (SSSR count). The Kier molecular flexibility index (Phi) is 5.43. The van der Waals surface area contributed by atoms with Crippen LogP contribution in [0.5, 0.6) is 5.75 Å². The van der Waals surface area contributed by atoms with Gasteiger partial charge in [-0.3, -0.25) is 19.2 Å². The molecule has 28 heavy (non-hydrogen) atoms. The van der Waals surface area contributed by atoms with Crippen molar-refractivity contribution in [1.82, 2.24) is 0 Å². The summed E-state index contributed by atoms with van der Waals surface area (Å²) < 4.78 is 31.1.